The van der Waals surface area contributed by atoms with Crippen LogP contribution in [-0.4, -0.2) is 52.5 Å². The fourth-order valence-electron chi connectivity index (χ4n) is 2.06. The second-order valence-corrected chi connectivity index (χ2v) is 7.06. The Morgan fingerprint density at radius 3 is 2.62 bits per heavy atom. The Kier molecular flexibility index (Phi) is 7.01. The molecule has 2 N–H and O–H groups in total. The zero-order valence-electron chi connectivity index (χ0n) is 12.7. The third-order valence-electron chi connectivity index (χ3n) is 3.59. The van der Waals surface area contributed by atoms with Gasteiger partial charge in [0.15, 0.2) is 0 Å². The molecule has 0 atom stereocenters. The fraction of sp³-hybridized carbons (Fsp3) is 0.786. The van der Waals surface area contributed by atoms with Gasteiger partial charge in [0.1, 0.15) is 0 Å². The third kappa shape index (κ3) is 7.36. The molecule has 21 heavy (non-hydrogen) atoms. The Balaban J connectivity index is 2.14. The van der Waals surface area contributed by atoms with Crippen LogP contribution in [0.4, 0.5) is 4.79 Å². The minimum atomic E-state index is -0.791. The van der Waals surface area contributed by atoms with E-state index in [1.807, 2.05) is 13.8 Å². The fourth-order valence-corrected chi connectivity index (χ4v) is 2.92. The van der Waals surface area contributed by atoms with Gasteiger partial charge in [-0.3, -0.25) is 14.4 Å². The summed E-state index contributed by atoms with van der Waals surface area (Å²) in [5.41, 5.74) is -0.104. The highest BCUT2D eigenvalue weighted by atomic mass is 32.2. The summed E-state index contributed by atoms with van der Waals surface area (Å²) in [6.07, 6.45) is 1.81. The Labute approximate surface area is 129 Å². The maximum Gasteiger partial charge on any atom is 0.303 e. The molecule has 0 saturated carbocycles. The van der Waals surface area contributed by atoms with E-state index in [9.17, 15) is 14.4 Å². The van der Waals surface area contributed by atoms with Gasteiger partial charge in [-0.15, -0.1) is 0 Å². The third-order valence-corrected chi connectivity index (χ3v) is 4.49. The van der Waals surface area contributed by atoms with E-state index >= 15 is 0 Å². The summed E-state index contributed by atoms with van der Waals surface area (Å²) >= 11 is 1.29. The van der Waals surface area contributed by atoms with Crippen molar-refractivity contribution in [2.75, 3.05) is 25.4 Å². The zero-order chi connectivity index (χ0) is 15.9. The number of hydrogen-bond donors (Lipinski definition) is 2. The highest BCUT2D eigenvalue weighted by Crippen LogP contribution is 2.26. The molecule has 1 aliphatic heterocycles. The first-order valence-electron chi connectivity index (χ1n) is 7.20. The van der Waals surface area contributed by atoms with Gasteiger partial charge in [0.05, 0.1) is 0 Å². The lowest BCUT2D eigenvalue weighted by atomic mass is 9.84. The van der Waals surface area contributed by atoms with Crippen LogP contribution in [0.25, 0.3) is 0 Å². The summed E-state index contributed by atoms with van der Waals surface area (Å²) in [5, 5.41) is 11.6. The van der Waals surface area contributed by atoms with Crippen molar-refractivity contribution >= 4 is 28.9 Å². The molecule has 0 spiro atoms. The lowest BCUT2D eigenvalue weighted by Crippen LogP contribution is -2.32. The summed E-state index contributed by atoms with van der Waals surface area (Å²) in [4.78, 5) is 35.3. The van der Waals surface area contributed by atoms with Crippen LogP contribution in [0.1, 0.15) is 39.5 Å². The molecule has 1 rings (SSSR count). The molecule has 2 amide bonds. The molecule has 0 aliphatic carbocycles. The van der Waals surface area contributed by atoms with E-state index in [1.54, 1.807) is 4.90 Å². The van der Waals surface area contributed by atoms with Gasteiger partial charge >= 0.3 is 5.97 Å². The second kappa shape index (κ2) is 8.26. The van der Waals surface area contributed by atoms with Crippen LogP contribution < -0.4 is 5.32 Å². The average molecular weight is 316 g/mol. The molecule has 0 aromatic heterocycles. The molecule has 120 valence electrons. The topological polar surface area (TPSA) is 86.7 Å². The Bertz CT molecular complexity index is 398. The van der Waals surface area contributed by atoms with Gasteiger partial charge in [0, 0.05) is 38.2 Å². The van der Waals surface area contributed by atoms with Crippen molar-refractivity contribution in [3.05, 3.63) is 0 Å². The van der Waals surface area contributed by atoms with Gasteiger partial charge < -0.3 is 15.3 Å². The van der Waals surface area contributed by atoms with Crippen molar-refractivity contribution in [3.8, 4) is 0 Å². The van der Waals surface area contributed by atoms with Crippen LogP contribution in [0.2, 0.25) is 0 Å². The lowest BCUT2D eigenvalue weighted by Gasteiger charge is -2.24. The number of hydrogen-bond acceptors (Lipinski definition) is 4. The number of carbonyl (C=O) groups excluding carboxylic acids is 2. The van der Waals surface area contributed by atoms with E-state index in [2.05, 4.69) is 5.32 Å². The Morgan fingerprint density at radius 1 is 1.33 bits per heavy atom. The second-order valence-electron chi connectivity index (χ2n) is 6.01. The van der Waals surface area contributed by atoms with Crippen molar-refractivity contribution in [2.45, 2.75) is 39.5 Å². The molecule has 1 aliphatic rings. The van der Waals surface area contributed by atoms with E-state index in [0.29, 0.717) is 25.9 Å². The van der Waals surface area contributed by atoms with Crippen molar-refractivity contribution in [1.82, 2.24) is 10.2 Å². The Hall–Kier alpha value is -1.24. The molecule has 7 heteroatoms. The van der Waals surface area contributed by atoms with E-state index < -0.39 is 5.97 Å². The van der Waals surface area contributed by atoms with Crippen molar-refractivity contribution in [2.24, 2.45) is 5.41 Å². The molecule has 0 radical (unpaired) electrons. The molecular weight excluding hydrogens is 292 g/mol. The summed E-state index contributed by atoms with van der Waals surface area (Å²) in [7, 11) is 0. The maximum atomic E-state index is 11.7. The summed E-state index contributed by atoms with van der Waals surface area (Å²) in [6, 6.07) is 0. The van der Waals surface area contributed by atoms with Crippen molar-refractivity contribution in [3.63, 3.8) is 0 Å². The Morgan fingerprint density at radius 2 is 2.05 bits per heavy atom. The van der Waals surface area contributed by atoms with Crippen LogP contribution in [0.15, 0.2) is 0 Å². The lowest BCUT2D eigenvalue weighted by molar-refractivity contribution is -0.137. The molecule has 1 saturated heterocycles. The van der Waals surface area contributed by atoms with Crippen LogP contribution in [0.3, 0.4) is 0 Å². The van der Waals surface area contributed by atoms with E-state index in [-0.39, 0.29) is 23.0 Å². The number of rotatable bonds is 9. The minimum absolute atomic E-state index is 0.0533. The van der Waals surface area contributed by atoms with Gasteiger partial charge in [-0.1, -0.05) is 25.6 Å². The van der Waals surface area contributed by atoms with E-state index in [1.165, 1.54) is 11.8 Å². The van der Waals surface area contributed by atoms with E-state index in [0.717, 1.165) is 18.7 Å². The van der Waals surface area contributed by atoms with Gasteiger partial charge in [0.2, 0.25) is 5.91 Å². The predicted molar refractivity (Wildman–Crippen MR) is 82.3 cm³/mol. The van der Waals surface area contributed by atoms with Crippen LogP contribution in [-0.2, 0) is 9.59 Å². The first kappa shape index (κ1) is 17.8. The van der Waals surface area contributed by atoms with Gasteiger partial charge in [-0.05, 0) is 18.3 Å². The quantitative estimate of drug-likeness (QED) is 0.679. The number of nitrogens with zero attached hydrogens (tertiary/aromatic N) is 1. The van der Waals surface area contributed by atoms with Gasteiger partial charge in [0.25, 0.3) is 5.24 Å². The smallest absolute Gasteiger partial charge is 0.303 e. The number of carbonyl (C=O) groups is 3. The normalized spacial score (nSPS) is 15.3. The van der Waals surface area contributed by atoms with Crippen molar-refractivity contribution < 1.29 is 19.5 Å². The molecule has 0 bridgehead atoms. The maximum absolute atomic E-state index is 11.7. The molecule has 0 unspecified atom stereocenters. The number of thioether (sulfide) groups is 1. The highest BCUT2D eigenvalue weighted by Gasteiger charge is 2.22. The average Bonchev–Trinajstić information content (AvgIpc) is 2.79. The first-order valence-corrected chi connectivity index (χ1v) is 8.19. The van der Waals surface area contributed by atoms with Crippen LogP contribution >= 0.6 is 11.8 Å². The molecule has 1 fully saturated rings. The first-order chi connectivity index (χ1) is 9.80. The monoisotopic (exact) mass is 316 g/mol. The molecule has 0 aromatic carbocycles. The zero-order valence-corrected chi connectivity index (χ0v) is 13.5. The predicted octanol–water partition coefficient (Wildman–Crippen LogP) is 1.94. The van der Waals surface area contributed by atoms with E-state index in [4.69, 9.17) is 5.11 Å². The number of amides is 2. The molecular formula is C14H24N2O4S. The standard InChI is InChI=1S/C14H24N2O4S/c1-14(2,5-3-12(18)19)6-7-15-11(17)4-8-16-9-10-21-13(16)20/h3-10H2,1-2H3,(H,15,17)(H,18,19). The number of aliphatic carboxylic acids is 1. The minimum Gasteiger partial charge on any atom is -0.481 e. The molecule has 6 nitrogen and oxygen atoms in total. The summed E-state index contributed by atoms with van der Waals surface area (Å²) in [5.74, 6) is -0.0490. The van der Waals surface area contributed by atoms with Crippen LogP contribution in [0, 0.1) is 5.41 Å². The van der Waals surface area contributed by atoms with Gasteiger partial charge in [-0.25, -0.2) is 0 Å². The largest absolute Gasteiger partial charge is 0.481 e. The molecule has 1 heterocycles. The molecule has 0 aromatic rings. The number of nitrogens with one attached hydrogen (secondary N) is 1. The van der Waals surface area contributed by atoms with Gasteiger partial charge in [-0.2, -0.15) is 0 Å². The number of carboxylic acids is 1. The SMILES string of the molecule is CC(C)(CCNC(=O)CCN1CCSC1=O)CCC(=O)O. The van der Waals surface area contributed by atoms with Crippen LogP contribution in [0.5, 0.6) is 0 Å². The highest BCUT2D eigenvalue weighted by molar-refractivity contribution is 8.13. The number of carboxylic acid groups (broad SMARTS) is 1. The summed E-state index contributed by atoms with van der Waals surface area (Å²) in [6.45, 7) is 5.73. The van der Waals surface area contributed by atoms with Crippen molar-refractivity contribution in [1.29, 1.82) is 0 Å². The summed E-state index contributed by atoms with van der Waals surface area (Å²) < 4.78 is 0.